The van der Waals surface area contributed by atoms with Gasteiger partial charge in [0.1, 0.15) is 0 Å². The second-order valence-corrected chi connectivity index (χ2v) is 7.79. The van der Waals surface area contributed by atoms with Crippen molar-refractivity contribution in [3.05, 3.63) is 21.9 Å². The molecule has 4 rings (SSSR count). The van der Waals surface area contributed by atoms with E-state index in [1.165, 1.54) is 23.3 Å². The van der Waals surface area contributed by atoms with Crippen LogP contribution in [0.5, 0.6) is 0 Å². The predicted molar refractivity (Wildman–Crippen MR) is 85.6 cm³/mol. The number of fused-ring (bicyclic) bond motifs is 2. The minimum absolute atomic E-state index is 0.140. The number of nitrogens with one attached hydrogen (secondary N) is 1. The molecule has 1 aromatic heterocycles. The zero-order chi connectivity index (χ0) is 14.4. The molecule has 2 saturated heterocycles. The molecule has 3 nitrogen and oxygen atoms in total. The van der Waals surface area contributed by atoms with Gasteiger partial charge in [-0.05, 0) is 54.5 Å². The van der Waals surface area contributed by atoms with Crippen LogP contribution >= 0.6 is 11.3 Å². The van der Waals surface area contributed by atoms with Gasteiger partial charge in [-0.25, -0.2) is 0 Å². The maximum absolute atomic E-state index is 13.2. The summed E-state index contributed by atoms with van der Waals surface area (Å²) >= 11 is 1.83. The Balaban J connectivity index is 1.58. The summed E-state index contributed by atoms with van der Waals surface area (Å²) in [7, 11) is 0. The maximum Gasteiger partial charge on any atom is 0.230 e. The van der Waals surface area contributed by atoms with E-state index in [1.807, 2.05) is 11.3 Å². The predicted octanol–water partition coefficient (Wildman–Crippen LogP) is 2.62. The van der Waals surface area contributed by atoms with Gasteiger partial charge in [0, 0.05) is 30.6 Å². The van der Waals surface area contributed by atoms with Crippen LogP contribution in [0.15, 0.2) is 11.4 Å². The Morgan fingerprint density at radius 1 is 1.48 bits per heavy atom. The first-order chi connectivity index (χ1) is 10.3. The van der Waals surface area contributed by atoms with E-state index < -0.39 is 0 Å². The summed E-state index contributed by atoms with van der Waals surface area (Å²) in [6.45, 7) is 5.41. The van der Waals surface area contributed by atoms with Crippen LogP contribution in [0, 0.1) is 11.8 Å². The highest BCUT2D eigenvalue weighted by Crippen LogP contribution is 2.40. The average Bonchev–Trinajstić information content (AvgIpc) is 3.20. The van der Waals surface area contributed by atoms with Crippen molar-refractivity contribution in [1.29, 1.82) is 0 Å². The number of aryl methyl sites for hydroxylation is 1. The molecule has 2 aliphatic heterocycles. The molecule has 1 aromatic rings. The van der Waals surface area contributed by atoms with Gasteiger partial charge in [0.25, 0.3) is 0 Å². The van der Waals surface area contributed by atoms with Crippen molar-refractivity contribution in [3.8, 4) is 0 Å². The molecule has 0 bridgehead atoms. The van der Waals surface area contributed by atoms with Crippen molar-refractivity contribution in [2.24, 2.45) is 11.8 Å². The molecule has 4 heteroatoms. The molecule has 0 radical (unpaired) electrons. The molecular weight excluding hydrogens is 280 g/mol. The minimum Gasteiger partial charge on any atom is -0.339 e. The monoisotopic (exact) mass is 304 g/mol. The molecule has 1 aliphatic carbocycles. The summed E-state index contributed by atoms with van der Waals surface area (Å²) < 4.78 is 0. The van der Waals surface area contributed by atoms with E-state index in [1.54, 1.807) is 0 Å². The highest BCUT2D eigenvalue weighted by atomic mass is 32.1. The van der Waals surface area contributed by atoms with Crippen LogP contribution in [0.3, 0.4) is 0 Å². The fraction of sp³-hybridized carbons (Fsp3) is 0.706. The summed E-state index contributed by atoms with van der Waals surface area (Å²) in [5, 5.41) is 5.67. The normalized spacial score (nSPS) is 34.8. The first-order valence-corrected chi connectivity index (χ1v) is 9.25. The minimum atomic E-state index is 0.140. The molecule has 3 heterocycles. The maximum atomic E-state index is 13.2. The van der Waals surface area contributed by atoms with E-state index in [4.69, 9.17) is 0 Å². The summed E-state index contributed by atoms with van der Waals surface area (Å²) in [4.78, 5) is 16.9. The number of carbonyl (C=O) groups is 1. The van der Waals surface area contributed by atoms with Gasteiger partial charge in [-0.15, -0.1) is 11.3 Å². The van der Waals surface area contributed by atoms with Crippen molar-refractivity contribution in [3.63, 3.8) is 0 Å². The van der Waals surface area contributed by atoms with E-state index in [2.05, 4.69) is 28.6 Å². The first-order valence-electron chi connectivity index (χ1n) is 8.37. The van der Waals surface area contributed by atoms with Crippen molar-refractivity contribution in [2.45, 2.75) is 44.6 Å². The fourth-order valence-corrected chi connectivity index (χ4v) is 5.73. The Kier molecular flexibility index (Phi) is 3.54. The zero-order valence-corrected chi connectivity index (χ0v) is 13.5. The van der Waals surface area contributed by atoms with Gasteiger partial charge in [-0.3, -0.25) is 4.79 Å². The van der Waals surface area contributed by atoms with Crippen molar-refractivity contribution >= 4 is 17.2 Å². The second-order valence-electron chi connectivity index (χ2n) is 6.79. The standard InChI is InChI=1S/C17H24N2OS/c1-2-15-14-9-18-8-11(14)10-19(15)17(20)13-4-3-5-16-12(13)6-7-21-16/h6-7,11,13-15,18H,2-5,8-10H2,1H3. The lowest BCUT2D eigenvalue weighted by Gasteiger charge is -2.32. The average molecular weight is 304 g/mol. The van der Waals surface area contributed by atoms with Crippen LogP contribution in [0.1, 0.15) is 42.5 Å². The summed E-state index contributed by atoms with van der Waals surface area (Å²) in [5.41, 5.74) is 1.33. The van der Waals surface area contributed by atoms with Crippen LogP contribution in [-0.4, -0.2) is 36.5 Å². The Morgan fingerprint density at radius 3 is 3.24 bits per heavy atom. The molecule has 3 aliphatic rings. The molecule has 1 amide bonds. The summed E-state index contributed by atoms with van der Waals surface area (Å²) in [6, 6.07) is 2.66. The summed E-state index contributed by atoms with van der Waals surface area (Å²) in [6.07, 6.45) is 4.48. The van der Waals surface area contributed by atoms with E-state index in [0.29, 0.717) is 23.8 Å². The third-order valence-electron chi connectivity index (χ3n) is 5.77. The number of nitrogens with zero attached hydrogens (tertiary/aromatic N) is 1. The molecular formula is C17H24N2OS. The number of rotatable bonds is 2. The van der Waals surface area contributed by atoms with Gasteiger partial charge >= 0.3 is 0 Å². The van der Waals surface area contributed by atoms with E-state index in [0.717, 1.165) is 32.5 Å². The molecule has 2 fully saturated rings. The lowest BCUT2D eigenvalue weighted by atomic mass is 9.86. The van der Waals surface area contributed by atoms with Crippen LogP contribution in [-0.2, 0) is 11.2 Å². The Hall–Kier alpha value is -0.870. The molecule has 1 N–H and O–H groups in total. The lowest BCUT2D eigenvalue weighted by Crippen LogP contribution is -2.42. The van der Waals surface area contributed by atoms with Crippen molar-refractivity contribution < 1.29 is 4.79 Å². The number of amides is 1. The largest absolute Gasteiger partial charge is 0.339 e. The zero-order valence-electron chi connectivity index (χ0n) is 12.7. The van der Waals surface area contributed by atoms with Gasteiger partial charge in [-0.2, -0.15) is 0 Å². The lowest BCUT2D eigenvalue weighted by molar-refractivity contribution is -0.134. The smallest absolute Gasteiger partial charge is 0.230 e. The number of thiophene rings is 1. The number of hydrogen-bond donors (Lipinski definition) is 1. The van der Waals surface area contributed by atoms with Crippen LogP contribution in [0.2, 0.25) is 0 Å². The van der Waals surface area contributed by atoms with E-state index in [-0.39, 0.29) is 5.92 Å². The van der Waals surface area contributed by atoms with Crippen molar-refractivity contribution in [1.82, 2.24) is 10.2 Å². The van der Waals surface area contributed by atoms with E-state index >= 15 is 0 Å². The number of likely N-dealkylation sites (tertiary alicyclic amines) is 1. The molecule has 0 spiro atoms. The molecule has 114 valence electrons. The second kappa shape index (κ2) is 5.40. The number of hydrogen-bond acceptors (Lipinski definition) is 3. The third-order valence-corrected chi connectivity index (χ3v) is 6.77. The molecule has 4 atom stereocenters. The van der Waals surface area contributed by atoms with Crippen molar-refractivity contribution in [2.75, 3.05) is 19.6 Å². The fourth-order valence-electron chi connectivity index (χ4n) is 4.74. The highest BCUT2D eigenvalue weighted by molar-refractivity contribution is 7.10. The Labute approximate surface area is 130 Å². The van der Waals surface area contributed by atoms with Gasteiger partial charge in [-0.1, -0.05) is 6.92 Å². The highest BCUT2D eigenvalue weighted by Gasteiger charge is 2.46. The van der Waals surface area contributed by atoms with Crippen LogP contribution in [0.25, 0.3) is 0 Å². The van der Waals surface area contributed by atoms with Crippen LogP contribution < -0.4 is 5.32 Å². The van der Waals surface area contributed by atoms with Gasteiger partial charge in [0.05, 0.1) is 5.92 Å². The third kappa shape index (κ3) is 2.15. The van der Waals surface area contributed by atoms with Gasteiger partial charge in [0.15, 0.2) is 0 Å². The molecule has 4 unspecified atom stereocenters. The molecule has 21 heavy (non-hydrogen) atoms. The molecule has 0 aromatic carbocycles. The first kappa shape index (κ1) is 13.8. The topological polar surface area (TPSA) is 32.3 Å². The van der Waals surface area contributed by atoms with Crippen LogP contribution in [0.4, 0.5) is 0 Å². The van der Waals surface area contributed by atoms with Gasteiger partial charge in [0.2, 0.25) is 5.91 Å². The molecule has 0 saturated carbocycles. The number of carbonyl (C=O) groups excluding carboxylic acids is 1. The summed E-state index contributed by atoms with van der Waals surface area (Å²) in [5.74, 6) is 1.92. The van der Waals surface area contributed by atoms with E-state index in [9.17, 15) is 4.79 Å². The quantitative estimate of drug-likeness (QED) is 0.911. The van der Waals surface area contributed by atoms with Gasteiger partial charge < -0.3 is 10.2 Å². The Morgan fingerprint density at radius 2 is 2.38 bits per heavy atom. The SMILES string of the molecule is CCC1C2CNCC2CN1C(=O)C1CCCc2sccc21. The Bertz CT molecular complexity index is 541.